The lowest BCUT2D eigenvalue weighted by atomic mass is 10.0. The molecule has 0 saturated heterocycles. The van der Waals surface area contributed by atoms with Crippen LogP contribution in [0.15, 0.2) is 16.2 Å². The van der Waals surface area contributed by atoms with Gasteiger partial charge in [-0.15, -0.1) is 11.3 Å². The van der Waals surface area contributed by atoms with E-state index < -0.39 is 6.10 Å². The lowest BCUT2D eigenvalue weighted by Gasteiger charge is -2.09. The van der Waals surface area contributed by atoms with Gasteiger partial charge in [0, 0.05) is 6.20 Å². The van der Waals surface area contributed by atoms with Crippen LogP contribution in [0.5, 0.6) is 0 Å². The van der Waals surface area contributed by atoms with Gasteiger partial charge in [-0.3, -0.25) is 4.98 Å². The second kappa shape index (κ2) is 5.37. The molecule has 2 rings (SSSR count). The number of aliphatic hydroxyl groups excluding tert-OH is 1. The Bertz CT molecular complexity index is 453. The van der Waals surface area contributed by atoms with Crippen LogP contribution in [0.2, 0.25) is 0 Å². The second-order valence-corrected chi connectivity index (χ2v) is 5.25. The van der Waals surface area contributed by atoms with Crippen molar-refractivity contribution in [2.75, 3.05) is 0 Å². The monoisotopic (exact) mass is 253 g/mol. The first-order valence-electron chi connectivity index (χ1n) is 5.54. The Morgan fingerprint density at radius 2 is 2.29 bits per heavy atom. The Morgan fingerprint density at radius 1 is 1.47 bits per heavy atom. The number of nitrogens with zero attached hydrogens (tertiary/aromatic N) is 3. The van der Waals surface area contributed by atoms with Crippen LogP contribution in [0.1, 0.15) is 26.2 Å². The number of aliphatic hydroxyl groups is 1. The highest BCUT2D eigenvalue weighted by Crippen LogP contribution is 2.20. The zero-order valence-corrected chi connectivity index (χ0v) is 10.6. The van der Waals surface area contributed by atoms with Gasteiger partial charge in [0.2, 0.25) is 11.7 Å². The first-order valence-corrected chi connectivity index (χ1v) is 6.42. The van der Waals surface area contributed by atoms with E-state index in [2.05, 4.69) is 29.0 Å². The molecule has 0 aliphatic rings. The topological polar surface area (TPSA) is 72.0 Å². The van der Waals surface area contributed by atoms with Crippen LogP contribution in [-0.4, -0.2) is 26.3 Å². The molecular weight excluding hydrogens is 238 g/mol. The van der Waals surface area contributed by atoms with E-state index in [9.17, 15) is 5.11 Å². The first kappa shape index (κ1) is 12.2. The predicted octanol–water partition coefficient (Wildman–Crippen LogP) is 2.14. The summed E-state index contributed by atoms with van der Waals surface area (Å²) in [5.74, 6) is 1.47. The molecule has 1 atom stereocenters. The highest BCUT2D eigenvalue weighted by atomic mass is 32.1. The van der Waals surface area contributed by atoms with E-state index in [1.54, 1.807) is 11.7 Å². The second-order valence-electron chi connectivity index (χ2n) is 4.36. The van der Waals surface area contributed by atoms with Gasteiger partial charge in [-0.05, 0) is 12.3 Å². The zero-order chi connectivity index (χ0) is 12.3. The Balaban J connectivity index is 1.99. The van der Waals surface area contributed by atoms with Crippen molar-refractivity contribution in [2.24, 2.45) is 5.92 Å². The van der Waals surface area contributed by atoms with Gasteiger partial charge in [0.25, 0.3) is 0 Å². The van der Waals surface area contributed by atoms with Crippen LogP contribution in [-0.2, 0) is 6.42 Å². The van der Waals surface area contributed by atoms with Crippen LogP contribution in [0.25, 0.3) is 10.7 Å². The van der Waals surface area contributed by atoms with Gasteiger partial charge in [-0.2, -0.15) is 4.98 Å². The van der Waals surface area contributed by atoms with E-state index in [1.165, 1.54) is 11.3 Å². The smallest absolute Gasteiger partial charge is 0.229 e. The molecule has 0 aromatic carbocycles. The number of rotatable bonds is 5. The molecule has 92 valence electrons. The summed E-state index contributed by atoms with van der Waals surface area (Å²) >= 11 is 1.46. The van der Waals surface area contributed by atoms with Crippen LogP contribution in [0, 0.1) is 5.92 Å². The van der Waals surface area contributed by atoms with Gasteiger partial charge in [0.15, 0.2) is 0 Å². The number of aromatic nitrogens is 3. The molecule has 1 unspecified atom stereocenters. The van der Waals surface area contributed by atoms with E-state index in [1.807, 2.05) is 0 Å². The zero-order valence-electron chi connectivity index (χ0n) is 9.83. The minimum Gasteiger partial charge on any atom is -0.393 e. The average molecular weight is 253 g/mol. The summed E-state index contributed by atoms with van der Waals surface area (Å²) in [6, 6.07) is 0. The predicted molar refractivity (Wildman–Crippen MR) is 64.6 cm³/mol. The van der Waals surface area contributed by atoms with Gasteiger partial charge in [-0.1, -0.05) is 19.0 Å². The van der Waals surface area contributed by atoms with Crippen molar-refractivity contribution in [3.8, 4) is 10.7 Å². The van der Waals surface area contributed by atoms with Crippen LogP contribution in [0.3, 0.4) is 0 Å². The van der Waals surface area contributed by atoms with Gasteiger partial charge >= 0.3 is 0 Å². The third kappa shape index (κ3) is 3.34. The fraction of sp³-hybridized carbons (Fsp3) is 0.545. The van der Waals surface area contributed by atoms with Gasteiger partial charge < -0.3 is 9.63 Å². The summed E-state index contributed by atoms with van der Waals surface area (Å²) in [5.41, 5.74) is 1.72. The Morgan fingerprint density at radius 3 is 2.94 bits per heavy atom. The molecule has 0 radical (unpaired) electrons. The van der Waals surface area contributed by atoms with Crippen molar-refractivity contribution in [1.29, 1.82) is 0 Å². The van der Waals surface area contributed by atoms with Crippen molar-refractivity contribution >= 4 is 11.3 Å². The maximum absolute atomic E-state index is 9.78. The van der Waals surface area contributed by atoms with Crippen LogP contribution < -0.4 is 0 Å². The van der Waals surface area contributed by atoms with Gasteiger partial charge in [-0.25, -0.2) is 0 Å². The van der Waals surface area contributed by atoms with E-state index in [0.717, 1.165) is 11.3 Å². The maximum Gasteiger partial charge on any atom is 0.229 e. The summed E-state index contributed by atoms with van der Waals surface area (Å²) in [5, 5.41) is 13.6. The summed E-state index contributed by atoms with van der Waals surface area (Å²) in [6.45, 7) is 4.14. The molecule has 0 amide bonds. The molecule has 0 aliphatic carbocycles. The SMILES string of the molecule is CC(C)CC(O)Cc1nc(-c2cncs2)no1. The van der Waals surface area contributed by atoms with Crippen LogP contribution >= 0.6 is 11.3 Å². The fourth-order valence-electron chi connectivity index (χ4n) is 1.59. The highest BCUT2D eigenvalue weighted by molar-refractivity contribution is 7.13. The molecular formula is C11H15N3O2S. The number of hydrogen-bond donors (Lipinski definition) is 1. The van der Waals surface area contributed by atoms with E-state index >= 15 is 0 Å². The van der Waals surface area contributed by atoms with Crippen molar-refractivity contribution in [1.82, 2.24) is 15.1 Å². The molecule has 2 aromatic rings. The lowest BCUT2D eigenvalue weighted by molar-refractivity contribution is 0.138. The third-order valence-corrected chi connectivity index (χ3v) is 3.04. The molecule has 5 nitrogen and oxygen atoms in total. The van der Waals surface area contributed by atoms with E-state index in [4.69, 9.17) is 4.52 Å². The standard InChI is InChI=1S/C11H15N3O2S/c1-7(2)3-8(15)4-10-13-11(14-16-10)9-5-12-6-17-9/h5-8,15H,3-4H2,1-2H3. The van der Waals surface area contributed by atoms with Crippen molar-refractivity contribution < 1.29 is 9.63 Å². The molecule has 0 aliphatic heterocycles. The number of hydrogen-bond acceptors (Lipinski definition) is 6. The van der Waals surface area contributed by atoms with E-state index in [0.29, 0.717) is 24.1 Å². The van der Waals surface area contributed by atoms with Crippen LogP contribution in [0.4, 0.5) is 0 Å². The molecule has 2 aromatic heterocycles. The molecule has 0 bridgehead atoms. The van der Waals surface area contributed by atoms with Gasteiger partial charge in [0.1, 0.15) is 0 Å². The molecule has 0 saturated carbocycles. The normalized spacial score (nSPS) is 13.2. The summed E-state index contributed by atoms with van der Waals surface area (Å²) in [6.07, 6.45) is 2.41. The van der Waals surface area contributed by atoms with Crippen molar-refractivity contribution in [3.05, 3.63) is 17.6 Å². The molecule has 17 heavy (non-hydrogen) atoms. The minimum absolute atomic E-state index is 0.407. The minimum atomic E-state index is -0.426. The van der Waals surface area contributed by atoms with Gasteiger partial charge in [0.05, 0.1) is 22.9 Å². The fourth-order valence-corrected chi connectivity index (χ4v) is 2.14. The molecule has 2 heterocycles. The first-order chi connectivity index (χ1) is 8.15. The quantitative estimate of drug-likeness (QED) is 0.883. The Kier molecular flexibility index (Phi) is 3.86. The Labute approximate surface area is 104 Å². The van der Waals surface area contributed by atoms with E-state index in [-0.39, 0.29) is 0 Å². The molecule has 0 spiro atoms. The van der Waals surface area contributed by atoms with Crippen molar-refractivity contribution in [2.45, 2.75) is 32.8 Å². The Hall–Kier alpha value is -1.27. The maximum atomic E-state index is 9.78. The molecule has 0 fully saturated rings. The molecule has 6 heteroatoms. The summed E-state index contributed by atoms with van der Waals surface area (Å²) < 4.78 is 5.10. The number of thiazole rings is 1. The largest absolute Gasteiger partial charge is 0.393 e. The third-order valence-electron chi connectivity index (χ3n) is 2.27. The molecule has 1 N–H and O–H groups in total. The lowest BCUT2D eigenvalue weighted by Crippen LogP contribution is -2.13. The average Bonchev–Trinajstić information content (AvgIpc) is 2.84. The summed E-state index contributed by atoms with van der Waals surface area (Å²) in [7, 11) is 0. The van der Waals surface area contributed by atoms with Crippen molar-refractivity contribution in [3.63, 3.8) is 0 Å². The highest BCUT2D eigenvalue weighted by Gasteiger charge is 2.14. The summed E-state index contributed by atoms with van der Waals surface area (Å²) in [4.78, 5) is 9.06.